The number of hydrogen-bond donors (Lipinski definition) is 2. The monoisotopic (exact) mass is 545 g/mol. The highest BCUT2D eigenvalue weighted by Crippen LogP contribution is 2.44. The summed E-state index contributed by atoms with van der Waals surface area (Å²) in [6, 6.07) is 14.1. The molecule has 39 heavy (non-hydrogen) atoms. The SMILES string of the molecule is COc1cc(Cl)cc2cc(C(=O)C3=C(O)C(=O)N(c4ccc(C#N)cc4)C3c3ccc(O)c([N+](=O)[O-])c3)oc12. The number of aliphatic hydroxyl groups is 1. The molecular formula is C27H16ClN3O8. The number of phenolic OH excluding ortho intramolecular Hbond substituents is 1. The molecule has 1 aromatic heterocycles. The molecule has 194 valence electrons. The Balaban J connectivity index is 1.70. The molecule has 0 saturated heterocycles. The highest BCUT2D eigenvalue weighted by Gasteiger charge is 2.46. The van der Waals surface area contributed by atoms with Gasteiger partial charge in [0.15, 0.2) is 28.6 Å². The summed E-state index contributed by atoms with van der Waals surface area (Å²) in [6.45, 7) is 0. The predicted octanol–water partition coefficient (Wildman–Crippen LogP) is 5.36. The van der Waals surface area contributed by atoms with Crippen molar-refractivity contribution in [2.75, 3.05) is 12.0 Å². The molecule has 1 unspecified atom stereocenters. The lowest BCUT2D eigenvalue weighted by Gasteiger charge is -2.26. The first-order valence-corrected chi connectivity index (χ1v) is 11.6. The Morgan fingerprint density at radius 2 is 1.87 bits per heavy atom. The summed E-state index contributed by atoms with van der Waals surface area (Å²) in [6.07, 6.45) is 0. The van der Waals surface area contributed by atoms with E-state index in [9.17, 15) is 29.9 Å². The fraction of sp³-hybridized carbons (Fsp3) is 0.0741. The first-order chi connectivity index (χ1) is 18.6. The number of carbonyl (C=O) groups excluding carboxylic acids is 2. The topological polar surface area (TPSA) is 167 Å². The van der Waals surface area contributed by atoms with Crippen LogP contribution in [0.2, 0.25) is 5.02 Å². The number of nitriles is 1. The molecule has 4 aromatic rings. The van der Waals surface area contributed by atoms with Crippen molar-refractivity contribution in [3.63, 3.8) is 0 Å². The average molecular weight is 546 g/mol. The first-order valence-electron chi connectivity index (χ1n) is 11.2. The zero-order chi connectivity index (χ0) is 28.0. The van der Waals surface area contributed by atoms with Gasteiger partial charge in [0, 0.05) is 28.2 Å². The maximum Gasteiger partial charge on any atom is 0.311 e. The molecule has 0 spiro atoms. The normalized spacial score (nSPS) is 15.1. The van der Waals surface area contributed by atoms with Gasteiger partial charge in [0.05, 0.1) is 35.3 Å². The third-order valence-electron chi connectivity index (χ3n) is 6.23. The number of aliphatic hydroxyl groups excluding tert-OH is 1. The largest absolute Gasteiger partial charge is 0.503 e. The number of Topliss-reactive ketones (excluding diaryl/α,β-unsaturated/α-hetero) is 1. The molecule has 1 aliphatic heterocycles. The summed E-state index contributed by atoms with van der Waals surface area (Å²) < 4.78 is 11.0. The molecule has 5 rings (SSSR count). The second kappa shape index (κ2) is 9.51. The fourth-order valence-corrected chi connectivity index (χ4v) is 4.67. The smallest absolute Gasteiger partial charge is 0.311 e. The molecule has 0 saturated carbocycles. The molecule has 2 N–H and O–H groups in total. The van der Waals surface area contributed by atoms with Crippen LogP contribution < -0.4 is 9.64 Å². The summed E-state index contributed by atoms with van der Waals surface area (Å²) in [5.41, 5.74) is -0.316. The minimum absolute atomic E-state index is 0.0568. The number of anilines is 1. The molecule has 0 bridgehead atoms. The van der Waals surface area contributed by atoms with E-state index in [2.05, 4.69) is 0 Å². The lowest BCUT2D eigenvalue weighted by molar-refractivity contribution is -0.385. The number of carbonyl (C=O) groups is 2. The molecular weight excluding hydrogens is 530 g/mol. The van der Waals surface area contributed by atoms with E-state index in [4.69, 9.17) is 26.0 Å². The number of nitrogens with zero attached hydrogens (tertiary/aromatic N) is 3. The van der Waals surface area contributed by atoms with Crippen molar-refractivity contribution in [1.29, 1.82) is 5.26 Å². The summed E-state index contributed by atoms with van der Waals surface area (Å²) >= 11 is 6.12. The van der Waals surface area contributed by atoms with Crippen LogP contribution in [0.4, 0.5) is 11.4 Å². The molecule has 1 atom stereocenters. The molecule has 2 heterocycles. The molecule has 0 fully saturated rings. The maximum atomic E-state index is 13.8. The number of halogens is 1. The lowest BCUT2D eigenvalue weighted by Crippen LogP contribution is -2.31. The molecule has 3 aromatic carbocycles. The molecule has 1 amide bonds. The van der Waals surface area contributed by atoms with Gasteiger partial charge in [0.2, 0.25) is 5.78 Å². The van der Waals surface area contributed by atoms with Gasteiger partial charge in [-0.25, -0.2) is 0 Å². The summed E-state index contributed by atoms with van der Waals surface area (Å²) in [5.74, 6) is -3.34. The number of amides is 1. The number of methoxy groups -OCH3 is 1. The van der Waals surface area contributed by atoms with Crippen LogP contribution in [0.3, 0.4) is 0 Å². The number of aromatic hydroxyl groups is 1. The third kappa shape index (κ3) is 4.18. The van der Waals surface area contributed by atoms with Gasteiger partial charge in [0.25, 0.3) is 5.91 Å². The Hall–Kier alpha value is -5.34. The lowest BCUT2D eigenvalue weighted by atomic mass is 9.94. The van der Waals surface area contributed by atoms with Gasteiger partial charge in [-0.15, -0.1) is 0 Å². The molecule has 0 aliphatic carbocycles. The zero-order valence-corrected chi connectivity index (χ0v) is 20.7. The van der Waals surface area contributed by atoms with Gasteiger partial charge in [-0.1, -0.05) is 17.7 Å². The summed E-state index contributed by atoms with van der Waals surface area (Å²) in [5, 5.41) is 42.3. The number of ketones is 1. The van der Waals surface area contributed by atoms with Crippen LogP contribution in [0.25, 0.3) is 11.0 Å². The van der Waals surface area contributed by atoms with Crippen molar-refractivity contribution in [2.24, 2.45) is 0 Å². The number of benzene rings is 3. The van der Waals surface area contributed by atoms with Crippen molar-refractivity contribution in [2.45, 2.75) is 6.04 Å². The van der Waals surface area contributed by atoms with Gasteiger partial charge in [0.1, 0.15) is 0 Å². The number of ether oxygens (including phenoxy) is 1. The number of furan rings is 1. The van der Waals surface area contributed by atoms with Crippen LogP contribution in [0.5, 0.6) is 11.5 Å². The van der Waals surface area contributed by atoms with E-state index in [0.29, 0.717) is 16.0 Å². The van der Waals surface area contributed by atoms with Gasteiger partial charge in [-0.3, -0.25) is 24.6 Å². The summed E-state index contributed by atoms with van der Waals surface area (Å²) in [4.78, 5) is 38.9. The van der Waals surface area contributed by atoms with E-state index in [-0.39, 0.29) is 28.3 Å². The number of fused-ring (bicyclic) bond motifs is 1. The fourth-order valence-electron chi connectivity index (χ4n) is 4.45. The highest BCUT2D eigenvalue weighted by molar-refractivity contribution is 6.31. The van der Waals surface area contributed by atoms with Gasteiger partial charge in [-0.05, 0) is 48.0 Å². The number of nitro groups is 1. The minimum atomic E-state index is -1.35. The Bertz CT molecular complexity index is 1770. The van der Waals surface area contributed by atoms with Crippen LogP contribution in [0.1, 0.15) is 27.7 Å². The zero-order valence-electron chi connectivity index (χ0n) is 19.9. The maximum absolute atomic E-state index is 13.8. The average Bonchev–Trinajstić information content (AvgIpc) is 3.46. The Morgan fingerprint density at radius 3 is 2.51 bits per heavy atom. The first kappa shape index (κ1) is 25.3. The second-order valence-corrected chi connectivity index (χ2v) is 8.91. The van der Waals surface area contributed by atoms with Crippen LogP contribution in [-0.2, 0) is 4.79 Å². The van der Waals surface area contributed by atoms with E-state index in [0.717, 1.165) is 17.0 Å². The van der Waals surface area contributed by atoms with Gasteiger partial charge in [-0.2, -0.15) is 5.26 Å². The Morgan fingerprint density at radius 1 is 1.15 bits per heavy atom. The Labute approximate surface area is 224 Å². The standard InChI is InChI=1S/C27H16ClN3O8/c1-38-21-11-16(28)8-15-10-20(39-26(15)21)24(33)22-23(14-4-7-19(32)18(9-14)31(36)37)30(27(35)25(22)34)17-5-2-13(12-29)3-6-17/h2-11,23,32,34H,1H3. The van der Waals surface area contributed by atoms with Crippen LogP contribution in [0.15, 0.2) is 76.4 Å². The van der Waals surface area contributed by atoms with Crippen molar-refractivity contribution < 1.29 is 33.9 Å². The molecule has 12 heteroatoms. The van der Waals surface area contributed by atoms with Crippen molar-refractivity contribution in [1.82, 2.24) is 0 Å². The molecule has 11 nitrogen and oxygen atoms in total. The van der Waals surface area contributed by atoms with E-state index >= 15 is 0 Å². The van der Waals surface area contributed by atoms with Crippen molar-refractivity contribution in [3.8, 4) is 17.6 Å². The minimum Gasteiger partial charge on any atom is -0.503 e. The highest BCUT2D eigenvalue weighted by atomic mass is 35.5. The number of nitro benzene ring substituents is 1. The van der Waals surface area contributed by atoms with Crippen LogP contribution >= 0.6 is 11.6 Å². The number of rotatable bonds is 6. The van der Waals surface area contributed by atoms with Crippen molar-refractivity contribution in [3.05, 3.63) is 104 Å². The van der Waals surface area contributed by atoms with E-state index in [1.54, 1.807) is 0 Å². The van der Waals surface area contributed by atoms with Gasteiger partial charge < -0.3 is 19.4 Å². The van der Waals surface area contributed by atoms with E-state index < -0.39 is 45.4 Å². The molecule has 0 radical (unpaired) electrons. The van der Waals surface area contributed by atoms with Crippen molar-refractivity contribution >= 4 is 45.6 Å². The van der Waals surface area contributed by atoms with Crippen LogP contribution in [-0.4, -0.2) is 33.9 Å². The predicted molar refractivity (Wildman–Crippen MR) is 138 cm³/mol. The van der Waals surface area contributed by atoms with Gasteiger partial charge >= 0.3 is 5.69 Å². The number of phenols is 1. The quantitative estimate of drug-likeness (QED) is 0.184. The Kier molecular flexibility index (Phi) is 6.18. The van der Waals surface area contributed by atoms with E-state index in [1.165, 1.54) is 55.6 Å². The molecule has 1 aliphatic rings. The number of hydrogen-bond acceptors (Lipinski definition) is 9. The van der Waals surface area contributed by atoms with Crippen LogP contribution in [0, 0.1) is 21.4 Å². The third-order valence-corrected chi connectivity index (χ3v) is 6.45. The van der Waals surface area contributed by atoms with E-state index in [1.807, 2.05) is 6.07 Å². The summed E-state index contributed by atoms with van der Waals surface area (Å²) in [7, 11) is 1.39. The second-order valence-electron chi connectivity index (χ2n) is 8.47.